The van der Waals surface area contributed by atoms with Gasteiger partial charge in [-0.15, -0.1) is 23.5 Å². The van der Waals surface area contributed by atoms with Gasteiger partial charge >= 0.3 is 0 Å². The molecule has 35 heavy (non-hydrogen) atoms. The zero-order valence-electron chi connectivity index (χ0n) is 20.7. The first kappa shape index (κ1) is 22.9. The Morgan fingerprint density at radius 1 is 0.943 bits per heavy atom. The molecule has 0 radical (unpaired) electrons. The molecule has 0 bridgehead atoms. The van der Waals surface area contributed by atoms with Crippen molar-refractivity contribution in [3.05, 3.63) is 66.0 Å². The normalized spacial score (nSPS) is 39.5. The van der Waals surface area contributed by atoms with Crippen molar-refractivity contribution in [3.63, 3.8) is 0 Å². The van der Waals surface area contributed by atoms with Crippen molar-refractivity contribution in [2.24, 2.45) is 29.1 Å². The fourth-order valence-electron chi connectivity index (χ4n) is 8.91. The summed E-state index contributed by atoms with van der Waals surface area (Å²) >= 11 is 4.42. The van der Waals surface area contributed by atoms with Gasteiger partial charge in [0.1, 0.15) is 0 Å². The van der Waals surface area contributed by atoms with Crippen LogP contribution in [-0.4, -0.2) is 31.8 Å². The van der Waals surface area contributed by atoms with Crippen LogP contribution in [0.1, 0.15) is 63.4 Å². The van der Waals surface area contributed by atoms with Crippen LogP contribution < -0.4 is 0 Å². The van der Waals surface area contributed by atoms with Gasteiger partial charge in [-0.3, -0.25) is 4.98 Å². The number of allylic oxidation sites excluding steroid dienone is 1. The van der Waals surface area contributed by atoms with Crippen LogP contribution in [0.25, 0.3) is 11.1 Å². The molecule has 1 aromatic carbocycles. The summed E-state index contributed by atoms with van der Waals surface area (Å²) in [5, 5.41) is 11.2. The summed E-state index contributed by atoms with van der Waals surface area (Å²) in [7, 11) is 0. The number of benzene rings is 1. The summed E-state index contributed by atoms with van der Waals surface area (Å²) in [5.74, 6) is 6.10. The fourth-order valence-corrected chi connectivity index (χ4v) is 12.1. The molecule has 3 saturated carbocycles. The highest BCUT2D eigenvalue weighted by atomic mass is 32.2. The van der Waals surface area contributed by atoms with Crippen molar-refractivity contribution in [2.75, 3.05) is 11.5 Å². The molecule has 184 valence electrons. The van der Waals surface area contributed by atoms with E-state index in [1.807, 2.05) is 18.5 Å². The van der Waals surface area contributed by atoms with Crippen LogP contribution in [0.4, 0.5) is 0 Å². The molecular formula is C31H37NOS2. The standard InChI is InChI=1S/C31H37NOS2/c1-30-18-26(21-6-4-20(5-7-21)23-3-2-14-32-19-23)29-24-12-13-31(34-15-16-35-31)17-22(24)8-9-25(29)27(30)10-11-28(30)33/h2-7,14,17,19,24-29,33H,8-13,15-16,18H2,1H3/t24-,25-,26+,27-,28-,29+,30-/m0/s1. The van der Waals surface area contributed by atoms with Gasteiger partial charge in [0.15, 0.2) is 0 Å². The number of aromatic nitrogens is 1. The molecule has 1 N–H and O–H groups in total. The number of pyridine rings is 1. The van der Waals surface area contributed by atoms with Crippen LogP contribution in [0.2, 0.25) is 0 Å². The van der Waals surface area contributed by atoms with Crippen molar-refractivity contribution < 1.29 is 5.11 Å². The summed E-state index contributed by atoms with van der Waals surface area (Å²) < 4.78 is 0.381. The molecule has 1 aliphatic heterocycles. The molecule has 1 saturated heterocycles. The van der Waals surface area contributed by atoms with E-state index in [4.69, 9.17) is 0 Å². The molecule has 4 heteroatoms. The van der Waals surface area contributed by atoms with Crippen molar-refractivity contribution >= 4 is 23.5 Å². The molecule has 2 aromatic rings. The molecule has 1 spiro atoms. The second-order valence-corrected chi connectivity index (χ2v) is 15.1. The van der Waals surface area contributed by atoms with E-state index in [0.717, 1.165) is 30.6 Å². The third-order valence-corrected chi connectivity index (χ3v) is 13.9. The number of rotatable bonds is 2. The molecule has 2 nitrogen and oxygen atoms in total. The van der Waals surface area contributed by atoms with Crippen molar-refractivity contribution in [3.8, 4) is 11.1 Å². The molecule has 7 rings (SSSR count). The Balaban J connectivity index is 1.27. The van der Waals surface area contributed by atoms with E-state index in [-0.39, 0.29) is 11.5 Å². The Kier molecular flexibility index (Phi) is 5.68. The number of nitrogens with zero attached hydrogens (tertiary/aromatic N) is 1. The maximum Gasteiger partial charge on any atom is 0.0794 e. The van der Waals surface area contributed by atoms with Crippen LogP contribution in [0, 0.1) is 29.1 Å². The molecular weight excluding hydrogens is 466 g/mol. The topological polar surface area (TPSA) is 33.1 Å². The number of fused-ring (bicyclic) bond motifs is 5. The van der Waals surface area contributed by atoms with Gasteiger partial charge in [0.2, 0.25) is 0 Å². The average Bonchev–Trinajstić information content (AvgIpc) is 3.47. The number of aliphatic hydroxyl groups is 1. The summed E-state index contributed by atoms with van der Waals surface area (Å²) in [6.45, 7) is 2.43. The zero-order valence-corrected chi connectivity index (χ0v) is 22.4. The van der Waals surface area contributed by atoms with Gasteiger partial charge in [-0.05, 0) is 103 Å². The van der Waals surface area contributed by atoms with E-state index in [1.165, 1.54) is 60.3 Å². The second kappa shape index (κ2) is 8.67. The lowest BCUT2D eigenvalue weighted by atomic mass is 9.48. The minimum absolute atomic E-state index is 0.0715. The third kappa shape index (κ3) is 3.68. The summed E-state index contributed by atoms with van der Waals surface area (Å²) in [6, 6.07) is 13.6. The van der Waals surface area contributed by atoms with E-state index in [1.54, 1.807) is 5.57 Å². The summed E-state index contributed by atoms with van der Waals surface area (Å²) in [6.07, 6.45) is 15.1. The third-order valence-electron chi connectivity index (χ3n) is 10.5. The van der Waals surface area contributed by atoms with Gasteiger partial charge in [0, 0.05) is 23.9 Å². The number of aliphatic hydroxyl groups excluding tert-OH is 1. The Hall–Kier alpha value is -1.23. The lowest BCUT2D eigenvalue weighted by Crippen LogP contribution is -2.51. The predicted molar refractivity (Wildman–Crippen MR) is 149 cm³/mol. The van der Waals surface area contributed by atoms with Crippen LogP contribution in [0.15, 0.2) is 60.4 Å². The van der Waals surface area contributed by atoms with Gasteiger partial charge in [-0.25, -0.2) is 0 Å². The zero-order chi connectivity index (χ0) is 23.6. The van der Waals surface area contributed by atoms with Crippen LogP contribution >= 0.6 is 23.5 Å². The second-order valence-electron chi connectivity index (χ2n) is 12.0. The fraction of sp³-hybridized carbons (Fsp3) is 0.581. The van der Waals surface area contributed by atoms with Crippen LogP contribution in [0.5, 0.6) is 0 Å². The Labute approximate surface area is 218 Å². The van der Waals surface area contributed by atoms with Gasteiger partial charge in [-0.2, -0.15) is 0 Å². The summed E-state index contributed by atoms with van der Waals surface area (Å²) in [4.78, 5) is 4.32. The maximum absolute atomic E-state index is 11.2. The van der Waals surface area contributed by atoms with Crippen molar-refractivity contribution in [1.82, 2.24) is 4.98 Å². The molecule has 0 amide bonds. The molecule has 1 aromatic heterocycles. The van der Waals surface area contributed by atoms with Gasteiger partial charge in [-0.1, -0.05) is 48.9 Å². The van der Waals surface area contributed by atoms with E-state index >= 15 is 0 Å². The number of hydrogen-bond acceptors (Lipinski definition) is 4. The minimum Gasteiger partial charge on any atom is -0.393 e. The number of thioether (sulfide) groups is 2. The predicted octanol–water partition coefficient (Wildman–Crippen LogP) is 7.55. The number of hydrogen-bond donors (Lipinski definition) is 1. The van der Waals surface area contributed by atoms with Gasteiger partial charge < -0.3 is 5.11 Å². The molecule has 7 atom stereocenters. The van der Waals surface area contributed by atoms with Crippen LogP contribution in [-0.2, 0) is 0 Å². The van der Waals surface area contributed by atoms with Crippen LogP contribution in [0.3, 0.4) is 0 Å². The van der Waals surface area contributed by atoms with Gasteiger partial charge in [0.05, 0.1) is 10.2 Å². The van der Waals surface area contributed by atoms with Crippen molar-refractivity contribution in [2.45, 2.75) is 68.0 Å². The Bertz CT molecular complexity index is 1110. The highest BCUT2D eigenvalue weighted by Crippen LogP contribution is 2.67. The molecule has 5 aliphatic rings. The maximum atomic E-state index is 11.2. The Morgan fingerprint density at radius 2 is 1.77 bits per heavy atom. The first-order chi connectivity index (χ1) is 17.1. The van der Waals surface area contributed by atoms with Gasteiger partial charge in [0.25, 0.3) is 0 Å². The van der Waals surface area contributed by atoms with E-state index < -0.39 is 0 Å². The first-order valence-electron chi connectivity index (χ1n) is 13.7. The molecule has 2 heterocycles. The average molecular weight is 504 g/mol. The minimum atomic E-state index is -0.136. The molecule has 0 unspecified atom stereocenters. The SMILES string of the molecule is C[C@]12C[C@H](c3ccc(-c4cccnc4)cc3)[C@H]3[C@@H](CCC4=CC5(CC[C@@H]43)SCCS5)[C@@H]1CC[C@@H]2O. The van der Waals surface area contributed by atoms with E-state index in [2.05, 4.69) is 71.8 Å². The molecule has 4 fully saturated rings. The lowest BCUT2D eigenvalue weighted by molar-refractivity contribution is -0.0659. The van der Waals surface area contributed by atoms with Crippen molar-refractivity contribution in [1.29, 1.82) is 0 Å². The first-order valence-corrected chi connectivity index (χ1v) is 15.7. The molecule has 4 aliphatic carbocycles. The quantitative estimate of drug-likeness (QED) is 0.429. The monoisotopic (exact) mass is 503 g/mol. The highest BCUT2D eigenvalue weighted by Gasteiger charge is 2.59. The van der Waals surface area contributed by atoms with E-state index in [9.17, 15) is 5.11 Å². The smallest absolute Gasteiger partial charge is 0.0794 e. The summed E-state index contributed by atoms with van der Waals surface area (Å²) in [5.41, 5.74) is 5.79. The Morgan fingerprint density at radius 3 is 2.54 bits per heavy atom. The van der Waals surface area contributed by atoms with E-state index in [0.29, 0.717) is 15.9 Å². The lowest BCUT2D eigenvalue weighted by Gasteiger charge is -2.57. The largest absolute Gasteiger partial charge is 0.393 e. The highest BCUT2D eigenvalue weighted by molar-refractivity contribution is 8.21.